The first-order valence-corrected chi connectivity index (χ1v) is 11.4. The second-order valence-corrected chi connectivity index (χ2v) is 10.2. The van der Waals surface area contributed by atoms with Crippen LogP contribution in [0.1, 0.15) is 44.9 Å². The van der Waals surface area contributed by atoms with Crippen LogP contribution in [0.4, 0.5) is 0 Å². The van der Waals surface area contributed by atoms with Gasteiger partial charge in [0, 0.05) is 30.6 Å². The Hall–Kier alpha value is -1.66. The minimum Gasteiger partial charge on any atom is -0.381 e. The molecule has 2 atom stereocenters. The van der Waals surface area contributed by atoms with Crippen LogP contribution in [0, 0.1) is 11.3 Å². The van der Waals surface area contributed by atoms with E-state index in [-0.39, 0.29) is 18.4 Å². The maximum absolute atomic E-state index is 12.5. The second-order valence-electron chi connectivity index (χ2n) is 9.39. The average molecular weight is 464 g/mol. The summed E-state index contributed by atoms with van der Waals surface area (Å²) in [7, 11) is 0. The minimum atomic E-state index is -1.25. The van der Waals surface area contributed by atoms with Gasteiger partial charge in [-0.1, -0.05) is 56.1 Å². The zero-order chi connectivity index (χ0) is 22.6. The molecule has 0 bridgehead atoms. The zero-order valence-corrected chi connectivity index (χ0v) is 19.9. The summed E-state index contributed by atoms with van der Waals surface area (Å²) in [4.78, 5) is 19.3. The molecule has 1 aromatic carbocycles. The highest BCUT2D eigenvalue weighted by Gasteiger charge is 2.42. The number of nitrogens with one attached hydrogen (secondary N) is 1. The van der Waals surface area contributed by atoms with Crippen molar-refractivity contribution in [2.75, 3.05) is 19.6 Å². The molecule has 5 nitrogen and oxygen atoms in total. The molecule has 7 heteroatoms. The third-order valence-electron chi connectivity index (χ3n) is 5.88. The number of amides is 1. The van der Waals surface area contributed by atoms with Gasteiger partial charge in [0.25, 0.3) is 0 Å². The van der Waals surface area contributed by atoms with Gasteiger partial charge in [-0.05, 0) is 49.2 Å². The standard InChI is InChI=1S/C24H31Cl2N3O2/c1-23(2,3)22(30)28-16-24(31,21-8-4-5-11-27-21)18-7-6-12-29(15-18)14-17-9-10-19(25)20(26)13-17/h4-5,8-11,13,18,31H,6-7,12,14-16H2,1-3H3,(H,28,30)/t18-,24-/m0/s1. The van der Waals surface area contributed by atoms with Crippen LogP contribution in [0.5, 0.6) is 0 Å². The number of hydrogen-bond acceptors (Lipinski definition) is 4. The van der Waals surface area contributed by atoms with Gasteiger partial charge in [0.15, 0.2) is 0 Å². The van der Waals surface area contributed by atoms with Crippen LogP contribution in [0.15, 0.2) is 42.6 Å². The molecule has 2 N–H and O–H groups in total. The van der Waals surface area contributed by atoms with Crippen molar-refractivity contribution in [1.82, 2.24) is 15.2 Å². The summed E-state index contributed by atoms with van der Waals surface area (Å²) in [5, 5.41) is 15.9. The van der Waals surface area contributed by atoms with Crippen molar-refractivity contribution in [2.24, 2.45) is 11.3 Å². The lowest BCUT2D eigenvalue weighted by Crippen LogP contribution is -2.53. The molecule has 1 aliphatic heterocycles. The Balaban J connectivity index is 1.79. The van der Waals surface area contributed by atoms with Crippen LogP contribution < -0.4 is 5.32 Å². The monoisotopic (exact) mass is 463 g/mol. The maximum Gasteiger partial charge on any atom is 0.225 e. The fraction of sp³-hybridized carbons (Fsp3) is 0.500. The maximum atomic E-state index is 12.5. The quantitative estimate of drug-likeness (QED) is 0.653. The van der Waals surface area contributed by atoms with E-state index >= 15 is 0 Å². The van der Waals surface area contributed by atoms with Gasteiger partial charge in [0.1, 0.15) is 5.60 Å². The molecule has 2 aromatic rings. The third-order valence-corrected chi connectivity index (χ3v) is 6.62. The largest absolute Gasteiger partial charge is 0.381 e. The SMILES string of the molecule is CC(C)(C)C(=O)NC[C@@](O)(c1ccccn1)[C@H]1CCCN(Cc2ccc(Cl)c(Cl)c2)C1. The number of pyridine rings is 1. The van der Waals surface area contributed by atoms with Gasteiger partial charge >= 0.3 is 0 Å². The number of carbonyl (C=O) groups is 1. The molecule has 0 saturated carbocycles. The predicted octanol–water partition coefficient (Wildman–Crippen LogP) is 4.65. The van der Waals surface area contributed by atoms with E-state index in [0.717, 1.165) is 31.5 Å². The third kappa shape index (κ3) is 5.98. The average Bonchev–Trinajstić information content (AvgIpc) is 2.74. The van der Waals surface area contributed by atoms with Gasteiger partial charge in [-0.15, -0.1) is 0 Å². The van der Waals surface area contributed by atoms with Gasteiger partial charge in [0.2, 0.25) is 5.91 Å². The van der Waals surface area contributed by atoms with E-state index in [1.807, 2.05) is 57.2 Å². The van der Waals surface area contributed by atoms with Gasteiger partial charge in [0.05, 0.1) is 22.3 Å². The fourth-order valence-electron chi connectivity index (χ4n) is 4.03. The molecule has 1 fully saturated rings. The molecular weight excluding hydrogens is 433 g/mol. The summed E-state index contributed by atoms with van der Waals surface area (Å²) < 4.78 is 0. The molecule has 0 unspecified atom stereocenters. The number of nitrogens with zero attached hydrogens (tertiary/aromatic N) is 2. The number of aliphatic hydroxyl groups is 1. The highest BCUT2D eigenvalue weighted by molar-refractivity contribution is 6.42. The number of hydrogen-bond donors (Lipinski definition) is 2. The smallest absolute Gasteiger partial charge is 0.225 e. The lowest BCUT2D eigenvalue weighted by Gasteiger charge is -2.42. The molecule has 168 valence electrons. The van der Waals surface area contributed by atoms with Crippen LogP contribution >= 0.6 is 23.2 Å². The van der Waals surface area contributed by atoms with Gasteiger partial charge < -0.3 is 10.4 Å². The summed E-state index contributed by atoms with van der Waals surface area (Å²) in [5.74, 6) is -0.162. The molecule has 1 aromatic heterocycles. The fourth-order valence-corrected chi connectivity index (χ4v) is 4.35. The summed E-state index contributed by atoms with van der Waals surface area (Å²) in [6, 6.07) is 11.2. The minimum absolute atomic E-state index is 0.0702. The molecule has 3 rings (SSSR count). The molecular formula is C24H31Cl2N3O2. The van der Waals surface area contributed by atoms with Crippen LogP contribution in [-0.2, 0) is 16.9 Å². The molecule has 31 heavy (non-hydrogen) atoms. The lowest BCUT2D eigenvalue weighted by atomic mass is 9.78. The molecule has 1 aliphatic rings. The number of rotatable bonds is 6. The van der Waals surface area contributed by atoms with Crippen LogP contribution in [0.2, 0.25) is 10.0 Å². The van der Waals surface area contributed by atoms with Gasteiger partial charge in [-0.2, -0.15) is 0 Å². The summed E-state index contributed by atoms with van der Waals surface area (Å²) in [5.41, 5.74) is -0.112. The molecule has 1 amide bonds. The van der Waals surface area contributed by atoms with Crippen molar-refractivity contribution in [1.29, 1.82) is 0 Å². The van der Waals surface area contributed by atoms with Crippen molar-refractivity contribution in [3.05, 3.63) is 63.9 Å². The molecule has 0 radical (unpaired) electrons. The Morgan fingerprint density at radius 1 is 1.23 bits per heavy atom. The van der Waals surface area contributed by atoms with E-state index in [4.69, 9.17) is 23.2 Å². The van der Waals surface area contributed by atoms with Crippen molar-refractivity contribution in [2.45, 2.75) is 45.8 Å². The van der Waals surface area contributed by atoms with Gasteiger partial charge in [-0.25, -0.2) is 0 Å². The van der Waals surface area contributed by atoms with E-state index in [1.165, 1.54) is 0 Å². The van der Waals surface area contributed by atoms with Crippen LogP contribution in [0.25, 0.3) is 0 Å². The van der Waals surface area contributed by atoms with Gasteiger partial charge in [-0.3, -0.25) is 14.7 Å². The normalized spacial score (nSPS) is 19.6. The summed E-state index contributed by atoms with van der Waals surface area (Å²) in [6.45, 7) is 8.07. The van der Waals surface area contributed by atoms with Crippen molar-refractivity contribution < 1.29 is 9.90 Å². The Kier molecular flexibility index (Phi) is 7.63. The first-order valence-electron chi connectivity index (χ1n) is 10.7. The number of piperidine rings is 1. The Morgan fingerprint density at radius 3 is 2.65 bits per heavy atom. The lowest BCUT2D eigenvalue weighted by molar-refractivity contribution is -0.131. The second kappa shape index (κ2) is 9.86. The highest BCUT2D eigenvalue weighted by Crippen LogP contribution is 2.35. The van der Waals surface area contributed by atoms with Crippen molar-refractivity contribution in [3.8, 4) is 0 Å². The Labute approximate surface area is 194 Å². The topological polar surface area (TPSA) is 65.5 Å². The number of aromatic nitrogens is 1. The van der Waals surface area contributed by atoms with Crippen molar-refractivity contribution >= 4 is 29.1 Å². The highest BCUT2D eigenvalue weighted by atomic mass is 35.5. The molecule has 2 heterocycles. The molecule has 0 spiro atoms. The predicted molar refractivity (Wildman–Crippen MR) is 125 cm³/mol. The van der Waals surface area contributed by atoms with Crippen LogP contribution in [0.3, 0.4) is 0 Å². The number of benzene rings is 1. The number of halogens is 2. The Morgan fingerprint density at radius 2 is 2.00 bits per heavy atom. The number of likely N-dealkylation sites (tertiary alicyclic amines) is 1. The van der Waals surface area contributed by atoms with E-state index in [1.54, 1.807) is 6.20 Å². The zero-order valence-electron chi connectivity index (χ0n) is 18.4. The number of carbonyl (C=O) groups excluding carboxylic acids is 1. The molecule has 1 saturated heterocycles. The van der Waals surface area contributed by atoms with E-state index in [9.17, 15) is 9.90 Å². The van der Waals surface area contributed by atoms with E-state index in [2.05, 4.69) is 15.2 Å². The van der Waals surface area contributed by atoms with Crippen molar-refractivity contribution in [3.63, 3.8) is 0 Å². The first-order chi connectivity index (χ1) is 14.6. The van der Waals surface area contributed by atoms with E-state index < -0.39 is 11.0 Å². The van der Waals surface area contributed by atoms with Crippen LogP contribution in [-0.4, -0.2) is 40.5 Å². The Bertz CT molecular complexity index is 901. The summed E-state index contributed by atoms with van der Waals surface area (Å²) >= 11 is 12.2. The van der Waals surface area contributed by atoms with E-state index in [0.29, 0.717) is 22.3 Å². The first kappa shape index (κ1) is 24.0. The molecule has 0 aliphatic carbocycles. The summed E-state index contributed by atoms with van der Waals surface area (Å²) in [6.07, 6.45) is 3.49.